The second-order valence-corrected chi connectivity index (χ2v) is 9.16. The zero-order chi connectivity index (χ0) is 24.1. The van der Waals surface area contributed by atoms with Crippen LogP contribution in [0.3, 0.4) is 0 Å². The van der Waals surface area contributed by atoms with Crippen LogP contribution in [0.5, 0.6) is 11.5 Å². The number of amides is 2. The van der Waals surface area contributed by atoms with Crippen LogP contribution in [-0.4, -0.2) is 40.5 Å². The Morgan fingerprint density at radius 2 is 1.79 bits per heavy atom. The monoisotopic (exact) mass is 538 g/mol. The summed E-state index contributed by atoms with van der Waals surface area (Å²) in [6.07, 6.45) is 4.99. The summed E-state index contributed by atoms with van der Waals surface area (Å²) in [7, 11) is 1.53. The van der Waals surface area contributed by atoms with Gasteiger partial charge in [0.2, 0.25) is 0 Å². The summed E-state index contributed by atoms with van der Waals surface area (Å²) >= 11 is 4.12. The number of halogens is 1. The van der Waals surface area contributed by atoms with Gasteiger partial charge < -0.3 is 9.47 Å². The summed E-state index contributed by atoms with van der Waals surface area (Å²) in [6, 6.07) is 15.7. The highest BCUT2D eigenvalue weighted by atomic mass is 79.9. The highest BCUT2D eigenvalue weighted by Gasteiger charge is 2.36. The Hall–Kier alpha value is -3.43. The van der Waals surface area contributed by atoms with E-state index in [4.69, 9.17) is 9.47 Å². The molecule has 7 nitrogen and oxygen atoms in total. The van der Waals surface area contributed by atoms with Crippen LogP contribution < -0.4 is 9.47 Å². The number of Topliss-reactive ketones (excluding diaryl/α,β-unsaturated/α-hetero) is 1. The molecule has 2 amide bonds. The standard InChI is InChI=1S/C25H19BrN2O5S/c1-32-22-12-17(2-7-21(22)33-15-16-8-10-27-11-9-16)13-23-24(30)28(25(31)34-23)14-20(29)18-3-5-19(26)6-4-18/h2-13H,14-15H2,1H3/b23-13+. The Kier molecular flexibility index (Phi) is 7.44. The quantitative estimate of drug-likeness (QED) is 0.282. The minimum atomic E-state index is -0.502. The lowest BCUT2D eigenvalue weighted by molar-refractivity contribution is -0.122. The summed E-state index contributed by atoms with van der Waals surface area (Å²) in [5.41, 5.74) is 2.06. The summed E-state index contributed by atoms with van der Waals surface area (Å²) in [6.45, 7) is 0.0399. The molecule has 0 N–H and O–H groups in total. The van der Waals surface area contributed by atoms with Crippen molar-refractivity contribution in [3.05, 3.63) is 93.1 Å². The van der Waals surface area contributed by atoms with Crippen LogP contribution in [0.2, 0.25) is 0 Å². The van der Waals surface area contributed by atoms with Gasteiger partial charge >= 0.3 is 0 Å². The fourth-order valence-electron chi connectivity index (χ4n) is 3.19. The molecule has 0 radical (unpaired) electrons. The fourth-order valence-corrected chi connectivity index (χ4v) is 4.29. The third-order valence-electron chi connectivity index (χ3n) is 4.97. The lowest BCUT2D eigenvalue weighted by atomic mass is 10.1. The van der Waals surface area contributed by atoms with Crippen molar-refractivity contribution in [3.8, 4) is 11.5 Å². The number of methoxy groups -OCH3 is 1. The molecule has 3 aromatic rings. The van der Waals surface area contributed by atoms with E-state index in [1.807, 2.05) is 12.1 Å². The molecule has 1 fully saturated rings. The number of hydrogen-bond acceptors (Lipinski definition) is 7. The van der Waals surface area contributed by atoms with Gasteiger partial charge in [-0.2, -0.15) is 0 Å². The number of nitrogens with zero attached hydrogens (tertiary/aromatic N) is 2. The maximum absolute atomic E-state index is 12.8. The number of benzene rings is 2. The lowest BCUT2D eigenvalue weighted by Crippen LogP contribution is -2.33. The van der Waals surface area contributed by atoms with Crippen molar-refractivity contribution in [1.82, 2.24) is 9.88 Å². The van der Waals surface area contributed by atoms with Crippen LogP contribution in [-0.2, 0) is 11.4 Å². The number of hydrogen-bond donors (Lipinski definition) is 0. The smallest absolute Gasteiger partial charge is 0.293 e. The number of aromatic nitrogens is 1. The molecule has 1 aliphatic rings. The normalized spacial score (nSPS) is 14.5. The van der Waals surface area contributed by atoms with E-state index in [9.17, 15) is 14.4 Å². The van der Waals surface area contributed by atoms with Crippen molar-refractivity contribution in [2.24, 2.45) is 0 Å². The van der Waals surface area contributed by atoms with Crippen LogP contribution in [0.1, 0.15) is 21.5 Å². The third-order valence-corrected chi connectivity index (χ3v) is 6.41. The van der Waals surface area contributed by atoms with E-state index < -0.39 is 11.1 Å². The molecule has 1 aliphatic heterocycles. The zero-order valence-corrected chi connectivity index (χ0v) is 20.5. The van der Waals surface area contributed by atoms with Gasteiger partial charge in [0.25, 0.3) is 11.1 Å². The average molecular weight is 539 g/mol. The number of pyridine rings is 1. The van der Waals surface area contributed by atoms with Crippen LogP contribution in [0.25, 0.3) is 6.08 Å². The second-order valence-electron chi connectivity index (χ2n) is 7.25. The maximum Gasteiger partial charge on any atom is 0.293 e. The molecule has 172 valence electrons. The summed E-state index contributed by atoms with van der Waals surface area (Å²) in [5.74, 6) is 0.225. The number of thioether (sulfide) groups is 1. The molecular formula is C25H19BrN2O5S. The van der Waals surface area contributed by atoms with E-state index in [-0.39, 0.29) is 17.2 Å². The van der Waals surface area contributed by atoms with E-state index in [0.29, 0.717) is 29.2 Å². The SMILES string of the molecule is COc1cc(/C=C2/SC(=O)N(CC(=O)c3ccc(Br)cc3)C2=O)ccc1OCc1ccncc1. The Bertz CT molecular complexity index is 1260. The lowest BCUT2D eigenvalue weighted by Gasteiger charge is -2.12. The summed E-state index contributed by atoms with van der Waals surface area (Å²) in [5, 5.41) is -0.481. The van der Waals surface area contributed by atoms with Gasteiger partial charge in [-0.15, -0.1) is 0 Å². The van der Waals surface area contributed by atoms with E-state index in [0.717, 1.165) is 26.7 Å². The predicted molar refractivity (Wildman–Crippen MR) is 133 cm³/mol. The van der Waals surface area contributed by atoms with Gasteiger partial charge in [-0.3, -0.25) is 24.3 Å². The molecule has 0 atom stereocenters. The Labute approximate surface area is 208 Å². The van der Waals surface area contributed by atoms with Gasteiger partial charge in [0.1, 0.15) is 6.61 Å². The van der Waals surface area contributed by atoms with Gasteiger partial charge in [-0.05, 0) is 65.4 Å². The molecule has 0 unspecified atom stereocenters. The van der Waals surface area contributed by atoms with Crippen molar-refractivity contribution in [1.29, 1.82) is 0 Å². The van der Waals surface area contributed by atoms with E-state index in [1.165, 1.54) is 7.11 Å². The van der Waals surface area contributed by atoms with E-state index in [2.05, 4.69) is 20.9 Å². The van der Waals surface area contributed by atoms with Crippen LogP contribution in [0, 0.1) is 0 Å². The molecule has 0 bridgehead atoms. The van der Waals surface area contributed by atoms with Gasteiger partial charge in [-0.1, -0.05) is 34.1 Å². The van der Waals surface area contributed by atoms with Crippen LogP contribution in [0.15, 0.2) is 76.4 Å². The van der Waals surface area contributed by atoms with Crippen molar-refractivity contribution in [3.63, 3.8) is 0 Å². The van der Waals surface area contributed by atoms with Gasteiger partial charge in [0, 0.05) is 22.4 Å². The zero-order valence-electron chi connectivity index (χ0n) is 18.1. The first-order valence-corrected chi connectivity index (χ1v) is 11.8. The number of carbonyl (C=O) groups is 3. The van der Waals surface area contributed by atoms with Gasteiger partial charge in [0.05, 0.1) is 18.6 Å². The van der Waals surface area contributed by atoms with Crippen LogP contribution >= 0.6 is 27.7 Å². The largest absolute Gasteiger partial charge is 0.493 e. The van der Waals surface area contributed by atoms with E-state index in [1.54, 1.807) is 60.9 Å². The van der Waals surface area contributed by atoms with Gasteiger partial charge in [0.15, 0.2) is 17.3 Å². The highest BCUT2D eigenvalue weighted by molar-refractivity contribution is 9.10. The van der Waals surface area contributed by atoms with Crippen molar-refractivity contribution >= 4 is 50.7 Å². The van der Waals surface area contributed by atoms with Crippen molar-refractivity contribution in [2.75, 3.05) is 13.7 Å². The molecule has 0 aliphatic carbocycles. The molecule has 9 heteroatoms. The average Bonchev–Trinajstić information content (AvgIpc) is 3.11. The van der Waals surface area contributed by atoms with Crippen molar-refractivity contribution in [2.45, 2.75) is 6.61 Å². The van der Waals surface area contributed by atoms with E-state index >= 15 is 0 Å². The molecule has 0 spiro atoms. The number of ether oxygens (including phenoxy) is 2. The second kappa shape index (κ2) is 10.7. The van der Waals surface area contributed by atoms with Crippen LogP contribution in [0.4, 0.5) is 4.79 Å². The first-order valence-electron chi connectivity index (χ1n) is 10.2. The molecule has 0 saturated carbocycles. The molecule has 34 heavy (non-hydrogen) atoms. The summed E-state index contributed by atoms with van der Waals surface area (Å²) in [4.78, 5) is 42.9. The minimum Gasteiger partial charge on any atom is -0.493 e. The van der Waals surface area contributed by atoms with Crippen molar-refractivity contribution < 1.29 is 23.9 Å². The number of rotatable bonds is 8. The summed E-state index contributed by atoms with van der Waals surface area (Å²) < 4.78 is 12.1. The van der Waals surface area contributed by atoms with Gasteiger partial charge in [-0.25, -0.2) is 0 Å². The predicted octanol–water partition coefficient (Wildman–Crippen LogP) is 5.35. The molecule has 1 aromatic heterocycles. The number of imide groups is 1. The molecule has 2 aromatic carbocycles. The first-order chi connectivity index (χ1) is 16.4. The molecule has 1 saturated heterocycles. The Balaban J connectivity index is 1.46. The fraction of sp³-hybridized carbons (Fsp3) is 0.120. The molecule has 2 heterocycles. The first kappa shape index (κ1) is 23.7. The minimum absolute atomic E-state index is 0.237. The molecular weight excluding hydrogens is 520 g/mol. The Morgan fingerprint density at radius 3 is 2.50 bits per heavy atom. The molecule has 4 rings (SSSR count). The topological polar surface area (TPSA) is 85.8 Å². The maximum atomic E-state index is 12.8. The highest BCUT2D eigenvalue weighted by Crippen LogP contribution is 2.35. The number of carbonyl (C=O) groups excluding carboxylic acids is 3. The number of ketones is 1. The Morgan fingerprint density at radius 1 is 1.06 bits per heavy atom. The third kappa shape index (κ3) is 5.55.